The summed E-state index contributed by atoms with van der Waals surface area (Å²) >= 11 is 0. The van der Waals surface area contributed by atoms with Gasteiger partial charge in [0.2, 0.25) is 0 Å². The molecule has 0 aromatic rings. The lowest BCUT2D eigenvalue weighted by Gasteiger charge is -2.19. The summed E-state index contributed by atoms with van der Waals surface area (Å²) < 4.78 is 0. The maximum Gasteiger partial charge on any atom is 0.0948 e. The van der Waals surface area contributed by atoms with Crippen LogP contribution in [-0.2, 0) is 0 Å². The number of aliphatic hydroxyl groups excluding tert-OH is 2. The van der Waals surface area contributed by atoms with Gasteiger partial charge in [0.25, 0.3) is 0 Å². The lowest BCUT2D eigenvalue weighted by Crippen LogP contribution is -2.38. The summed E-state index contributed by atoms with van der Waals surface area (Å²) in [6.07, 6.45) is -1.68. The van der Waals surface area contributed by atoms with Crippen LogP contribution in [0.5, 0.6) is 0 Å². The Hall–Kier alpha value is -0.160. The van der Waals surface area contributed by atoms with Crippen LogP contribution in [0.15, 0.2) is 0 Å². The quantitative estimate of drug-likeness (QED) is 0.400. The van der Waals surface area contributed by atoms with Crippen molar-refractivity contribution in [1.29, 1.82) is 0 Å². The Labute approximate surface area is 60.5 Å². The average Bonchev–Trinajstić information content (AvgIpc) is 1.87. The molecule has 0 saturated carbocycles. The zero-order valence-electron chi connectivity index (χ0n) is 6.28. The van der Waals surface area contributed by atoms with Gasteiger partial charge in [-0.2, -0.15) is 0 Å². The number of nitrogens with one attached hydrogen (secondary N) is 1. The molecule has 0 aromatic heterocycles. The smallest absolute Gasteiger partial charge is 0.0948 e. The van der Waals surface area contributed by atoms with Crippen molar-refractivity contribution in [2.24, 2.45) is 5.92 Å². The highest BCUT2D eigenvalue weighted by molar-refractivity contribution is 4.70. The van der Waals surface area contributed by atoms with Gasteiger partial charge in [-0.25, -0.2) is 5.48 Å². The minimum Gasteiger partial charge on any atom is -0.390 e. The van der Waals surface area contributed by atoms with Gasteiger partial charge < -0.3 is 15.4 Å². The van der Waals surface area contributed by atoms with E-state index in [0.717, 1.165) is 0 Å². The molecule has 0 amide bonds. The Balaban J connectivity index is 3.58. The van der Waals surface area contributed by atoms with Crippen molar-refractivity contribution in [3.8, 4) is 0 Å². The van der Waals surface area contributed by atoms with Crippen molar-refractivity contribution in [2.75, 3.05) is 6.54 Å². The molecule has 10 heavy (non-hydrogen) atoms. The standard InChI is InChI=1S/C6H15NO3/c1-4(2)6(9)5(8)3-7-10/h4-10H,3H2,1-2H3. The van der Waals surface area contributed by atoms with Gasteiger partial charge in [-0.3, -0.25) is 0 Å². The first kappa shape index (κ1) is 9.84. The molecule has 0 spiro atoms. The third kappa shape index (κ3) is 3.12. The third-order valence-corrected chi connectivity index (χ3v) is 1.38. The third-order valence-electron chi connectivity index (χ3n) is 1.38. The molecule has 4 nitrogen and oxygen atoms in total. The van der Waals surface area contributed by atoms with E-state index in [0.29, 0.717) is 0 Å². The van der Waals surface area contributed by atoms with Gasteiger partial charge in [0, 0.05) is 6.54 Å². The van der Waals surface area contributed by atoms with E-state index in [4.69, 9.17) is 15.4 Å². The predicted octanol–water partition coefficient (Wildman–Crippen LogP) is -0.657. The molecule has 62 valence electrons. The highest BCUT2D eigenvalue weighted by atomic mass is 16.5. The number of hydroxylamine groups is 1. The van der Waals surface area contributed by atoms with Gasteiger partial charge in [-0.15, -0.1) is 0 Å². The summed E-state index contributed by atoms with van der Waals surface area (Å²) in [5.41, 5.74) is 1.79. The summed E-state index contributed by atoms with van der Waals surface area (Å²) in [5.74, 6) is 0.00310. The van der Waals surface area contributed by atoms with Crippen LogP contribution in [0.4, 0.5) is 0 Å². The molecule has 4 N–H and O–H groups in total. The van der Waals surface area contributed by atoms with Crippen LogP contribution < -0.4 is 5.48 Å². The van der Waals surface area contributed by atoms with Gasteiger partial charge in [0.1, 0.15) is 0 Å². The fourth-order valence-electron chi connectivity index (χ4n) is 0.659. The monoisotopic (exact) mass is 149 g/mol. The second-order valence-electron chi connectivity index (χ2n) is 2.66. The Morgan fingerprint density at radius 3 is 2.10 bits per heavy atom. The molecule has 0 aliphatic carbocycles. The molecule has 0 radical (unpaired) electrons. The fourth-order valence-corrected chi connectivity index (χ4v) is 0.659. The summed E-state index contributed by atoms with van der Waals surface area (Å²) in [7, 11) is 0. The maximum absolute atomic E-state index is 9.12. The average molecular weight is 149 g/mol. The molecule has 2 atom stereocenters. The first-order valence-electron chi connectivity index (χ1n) is 3.32. The van der Waals surface area contributed by atoms with E-state index in [1.165, 1.54) is 0 Å². The summed E-state index contributed by atoms with van der Waals surface area (Å²) in [6, 6.07) is 0. The van der Waals surface area contributed by atoms with Crippen LogP contribution in [0.2, 0.25) is 0 Å². The molecular formula is C6H15NO3. The predicted molar refractivity (Wildman–Crippen MR) is 36.6 cm³/mol. The van der Waals surface area contributed by atoms with E-state index in [2.05, 4.69) is 0 Å². The number of hydrogen-bond donors (Lipinski definition) is 4. The molecule has 0 aliphatic rings. The van der Waals surface area contributed by atoms with Crippen LogP contribution in [-0.4, -0.2) is 34.2 Å². The van der Waals surface area contributed by atoms with E-state index in [1.807, 2.05) is 0 Å². The van der Waals surface area contributed by atoms with E-state index in [9.17, 15) is 0 Å². The zero-order valence-corrected chi connectivity index (χ0v) is 6.28. The Morgan fingerprint density at radius 2 is 1.80 bits per heavy atom. The highest BCUT2D eigenvalue weighted by Crippen LogP contribution is 2.04. The van der Waals surface area contributed by atoms with Gasteiger partial charge in [0.05, 0.1) is 12.2 Å². The largest absolute Gasteiger partial charge is 0.390 e. The molecule has 0 aliphatic heterocycles. The Bertz CT molecular complexity index is 87.1. The molecule has 2 unspecified atom stereocenters. The normalized spacial score (nSPS) is 17.4. The van der Waals surface area contributed by atoms with Crippen LogP contribution in [0.3, 0.4) is 0 Å². The van der Waals surface area contributed by atoms with Crippen LogP contribution in [0, 0.1) is 5.92 Å². The SMILES string of the molecule is CC(C)C(O)C(O)CNO. The van der Waals surface area contributed by atoms with Gasteiger partial charge in [-0.05, 0) is 5.92 Å². The molecular weight excluding hydrogens is 134 g/mol. The van der Waals surface area contributed by atoms with Crippen molar-refractivity contribution >= 4 is 0 Å². The lowest BCUT2D eigenvalue weighted by atomic mass is 10.0. The highest BCUT2D eigenvalue weighted by Gasteiger charge is 2.18. The van der Waals surface area contributed by atoms with Gasteiger partial charge in [-0.1, -0.05) is 13.8 Å². The molecule has 0 heterocycles. The first-order valence-corrected chi connectivity index (χ1v) is 3.32. The Kier molecular flexibility index (Phi) is 4.55. The fraction of sp³-hybridized carbons (Fsp3) is 1.00. The molecule has 0 rings (SSSR count). The van der Waals surface area contributed by atoms with Crippen molar-refractivity contribution in [3.05, 3.63) is 0 Å². The van der Waals surface area contributed by atoms with Crippen LogP contribution in [0.25, 0.3) is 0 Å². The lowest BCUT2D eigenvalue weighted by molar-refractivity contribution is -0.0244. The van der Waals surface area contributed by atoms with Gasteiger partial charge in [0.15, 0.2) is 0 Å². The summed E-state index contributed by atoms with van der Waals surface area (Å²) in [4.78, 5) is 0. The summed E-state index contributed by atoms with van der Waals surface area (Å²) in [5, 5.41) is 26.3. The topological polar surface area (TPSA) is 72.7 Å². The van der Waals surface area contributed by atoms with Gasteiger partial charge >= 0.3 is 0 Å². The molecule has 4 heteroatoms. The molecule has 0 aromatic carbocycles. The molecule has 0 fully saturated rings. The Morgan fingerprint density at radius 1 is 1.30 bits per heavy atom. The van der Waals surface area contributed by atoms with E-state index >= 15 is 0 Å². The van der Waals surface area contributed by atoms with Crippen molar-refractivity contribution < 1.29 is 15.4 Å². The maximum atomic E-state index is 9.12. The van der Waals surface area contributed by atoms with E-state index < -0.39 is 12.2 Å². The van der Waals surface area contributed by atoms with Crippen molar-refractivity contribution in [3.63, 3.8) is 0 Å². The number of rotatable bonds is 4. The number of aliphatic hydroxyl groups is 2. The molecule has 0 bridgehead atoms. The molecule has 0 saturated heterocycles. The zero-order chi connectivity index (χ0) is 8.15. The minimum absolute atomic E-state index is 0.000648. The van der Waals surface area contributed by atoms with E-state index in [1.54, 1.807) is 19.3 Å². The van der Waals surface area contributed by atoms with Crippen LogP contribution in [0.1, 0.15) is 13.8 Å². The second-order valence-corrected chi connectivity index (χ2v) is 2.66. The van der Waals surface area contributed by atoms with Crippen molar-refractivity contribution in [1.82, 2.24) is 5.48 Å². The minimum atomic E-state index is -0.898. The van der Waals surface area contributed by atoms with Crippen molar-refractivity contribution in [2.45, 2.75) is 26.1 Å². The number of hydrogen-bond acceptors (Lipinski definition) is 4. The summed E-state index contributed by atoms with van der Waals surface area (Å²) in [6.45, 7) is 3.59. The first-order chi connectivity index (χ1) is 4.59. The second kappa shape index (κ2) is 4.62. The van der Waals surface area contributed by atoms with E-state index in [-0.39, 0.29) is 12.5 Å². The van der Waals surface area contributed by atoms with Crippen LogP contribution >= 0.6 is 0 Å².